The molecule has 1 fully saturated rings. The Balaban J connectivity index is 1.92. The van der Waals surface area contributed by atoms with E-state index in [0.29, 0.717) is 17.9 Å². The van der Waals surface area contributed by atoms with Crippen molar-refractivity contribution in [3.05, 3.63) is 76.8 Å². The molecule has 0 bridgehead atoms. The van der Waals surface area contributed by atoms with Gasteiger partial charge < -0.3 is 5.32 Å². The number of hydrogen-bond acceptors (Lipinski definition) is 1. The number of halogens is 1. The molecule has 1 aliphatic rings. The first kappa shape index (κ1) is 15.3. The molecule has 0 saturated carbocycles. The number of nitrogens with one attached hydrogen (secondary N) is 1. The Hall–Kier alpha value is -1.57. The minimum Gasteiger partial charge on any atom is -0.310 e. The fourth-order valence-electron chi connectivity index (χ4n) is 3.61. The molecule has 1 N–H and O–H groups in total. The van der Waals surface area contributed by atoms with Gasteiger partial charge in [0.15, 0.2) is 0 Å². The van der Waals surface area contributed by atoms with Crippen LogP contribution in [0.15, 0.2) is 55.1 Å². The second-order valence-electron chi connectivity index (χ2n) is 6.06. The van der Waals surface area contributed by atoms with Gasteiger partial charge in [0, 0.05) is 11.1 Å². The molecule has 0 aliphatic carbocycles. The van der Waals surface area contributed by atoms with Gasteiger partial charge in [0.1, 0.15) is 0 Å². The molecule has 3 rings (SSSR count). The van der Waals surface area contributed by atoms with Gasteiger partial charge in [-0.15, -0.1) is 0 Å². The van der Waals surface area contributed by atoms with Crippen LogP contribution < -0.4 is 5.32 Å². The summed E-state index contributed by atoms with van der Waals surface area (Å²) in [6.45, 7) is 7.34. The van der Waals surface area contributed by atoms with E-state index in [1.54, 1.807) is 0 Å². The summed E-state index contributed by atoms with van der Waals surface area (Å²) in [5.41, 5.74) is 3.86. The van der Waals surface area contributed by atoms with Crippen LogP contribution in [0.2, 0.25) is 5.02 Å². The van der Waals surface area contributed by atoms with Crippen molar-refractivity contribution in [2.75, 3.05) is 6.54 Å². The largest absolute Gasteiger partial charge is 0.310 e. The molecule has 0 unspecified atom stereocenters. The first-order valence-corrected chi connectivity index (χ1v) is 8.28. The molecule has 1 saturated heterocycles. The summed E-state index contributed by atoms with van der Waals surface area (Å²) in [7, 11) is 0. The Labute approximate surface area is 138 Å². The summed E-state index contributed by atoms with van der Waals surface area (Å²) in [4.78, 5) is 0. The van der Waals surface area contributed by atoms with Crippen LogP contribution in [0.25, 0.3) is 6.08 Å². The van der Waals surface area contributed by atoms with E-state index in [2.05, 4.69) is 55.2 Å². The van der Waals surface area contributed by atoms with E-state index >= 15 is 0 Å². The molecule has 114 valence electrons. The van der Waals surface area contributed by atoms with Crippen molar-refractivity contribution in [2.45, 2.75) is 25.3 Å². The van der Waals surface area contributed by atoms with Gasteiger partial charge in [0.25, 0.3) is 0 Å². The monoisotopic (exact) mass is 311 g/mol. The normalized spacial score (nSPS) is 22.5. The molecule has 1 heterocycles. The van der Waals surface area contributed by atoms with E-state index in [4.69, 9.17) is 11.6 Å². The van der Waals surface area contributed by atoms with E-state index in [0.717, 1.165) is 17.1 Å². The molecule has 0 radical (unpaired) electrons. The highest BCUT2D eigenvalue weighted by molar-refractivity contribution is 6.30. The molecule has 0 aromatic heterocycles. The van der Waals surface area contributed by atoms with Gasteiger partial charge >= 0.3 is 0 Å². The highest BCUT2D eigenvalue weighted by Crippen LogP contribution is 2.41. The lowest BCUT2D eigenvalue weighted by Gasteiger charge is -2.27. The Morgan fingerprint density at radius 3 is 2.73 bits per heavy atom. The second kappa shape index (κ2) is 6.68. The van der Waals surface area contributed by atoms with Crippen molar-refractivity contribution in [2.24, 2.45) is 5.92 Å². The highest BCUT2D eigenvalue weighted by atomic mass is 35.5. The lowest BCUT2D eigenvalue weighted by molar-refractivity contribution is 0.398. The maximum Gasteiger partial charge on any atom is 0.0412 e. The van der Waals surface area contributed by atoms with E-state index in [9.17, 15) is 0 Å². The second-order valence-corrected chi connectivity index (χ2v) is 6.50. The third-order valence-corrected chi connectivity index (χ3v) is 5.08. The van der Waals surface area contributed by atoms with Gasteiger partial charge in [-0.25, -0.2) is 0 Å². The van der Waals surface area contributed by atoms with Crippen molar-refractivity contribution in [3.8, 4) is 0 Å². The van der Waals surface area contributed by atoms with Crippen LogP contribution >= 0.6 is 11.6 Å². The Bertz CT molecular complexity index is 650. The molecule has 2 heteroatoms. The maximum absolute atomic E-state index is 6.13. The van der Waals surface area contributed by atoms with Gasteiger partial charge in [-0.1, -0.05) is 67.6 Å². The molecular weight excluding hydrogens is 290 g/mol. The minimum absolute atomic E-state index is 0.362. The van der Waals surface area contributed by atoms with Crippen LogP contribution in [-0.2, 0) is 0 Å². The molecule has 22 heavy (non-hydrogen) atoms. The maximum atomic E-state index is 6.13. The standard InChI is InChI=1S/C20H22ClN/c1-3-15-13-17(21)9-10-19(15)20-18(11-12-22-20)14(2)16-7-5-4-6-8-16/h3-10,13-14,18,20,22H,1,11-12H2,2H3/t14-,18+,20+/m1/s1. The summed E-state index contributed by atoms with van der Waals surface area (Å²) in [5, 5.41) is 4.44. The first-order valence-electron chi connectivity index (χ1n) is 7.91. The SMILES string of the molecule is C=Cc1cc(Cl)ccc1[C@H]1NCC[C@H]1[C@H](C)c1ccccc1. The average molecular weight is 312 g/mol. The van der Waals surface area contributed by atoms with Gasteiger partial charge in [0.05, 0.1) is 0 Å². The number of rotatable bonds is 4. The predicted octanol–water partition coefficient (Wildman–Crippen LogP) is 5.44. The third kappa shape index (κ3) is 2.97. The van der Waals surface area contributed by atoms with E-state index in [-0.39, 0.29) is 0 Å². The first-order chi connectivity index (χ1) is 10.7. The fourth-order valence-corrected chi connectivity index (χ4v) is 3.79. The quantitative estimate of drug-likeness (QED) is 0.793. The zero-order valence-corrected chi connectivity index (χ0v) is 13.7. The van der Waals surface area contributed by atoms with E-state index < -0.39 is 0 Å². The molecule has 1 nitrogen and oxygen atoms in total. The van der Waals surface area contributed by atoms with Crippen molar-refractivity contribution in [1.29, 1.82) is 0 Å². The highest BCUT2D eigenvalue weighted by Gasteiger charge is 2.33. The van der Waals surface area contributed by atoms with Crippen molar-refractivity contribution < 1.29 is 0 Å². The van der Waals surface area contributed by atoms with Crippen LogP contribution in [0.4, 0.5) is 0 Å². The minimum atomic E-state index is 0.362. The topological polar surface area (TPSA) is 12.0 Å². The molecule has 2 aromatic rings. The summed E-state index contributed by atoms with van der Waals surface area (Å²) in [6, 6.07) is 17.3. The molecule has 2 aromatic carbocycles. The Morgan fingerprint density at radius 1 is 1.23 bits per heavy atom. The fraction of sp³-hybridized carbons (Fsp3) is 0.300. The van der Waals surface area contributed by atoms with Crippen LogP contribution in [0.5, 0.6) is 0 Å². The molecule has 0 amide bonds. The lowest BCUT2D eigenvalue weighted by atomic mass is 9.79. The predicted molar refractivity (Wildman–Crippen MR) is 95.3 cm³/mol. The van der Waals surface area contributed by atoms with Crippen molar-refractivity contribution in [1.82, 2.24) is 5.32 Å². The van der Waals surface area contributed by atoms with Crippen molar-refractivity contribution in [3.63, 3.8) is 0 Å². The molecule has 0 spiro atoms. The number of benzene rings is 2. The third-order valence-electron chi connectivity index (χ3n) is 4.84. The lowest BCUT2D eigenvalue weighted by Crippen LogP contribution is -2.22. The molecular formula is C20H22ClN. The number of hydrogen-bond donors (Lipinski definition) is 1. The Kier molecular flexibility index (Phi) is 4.66. The van der Waals surface area contributed by atoms with Gasteiger partial charge in [-0.2, -0.15) is 0 Å². The van der Waals surface area contributed by atoms with Gasteiger partial charge in [-0.3, -0.25) is 0 Å². The summed E-state index contributed by atoms with van der Waals surface area (Å²) < 4.78 is 0. The molecule has 3 atom stereocenters. The van der Waals surface area contributed by atoms with Crippen LogP contribution in [0.3, 0.4) is 0 Å². The summed E-state index contributed by atoms with van der Waals surface area (Å²) in [6.07, 6.45) is 3.10. The summed E-state index contributed by atoms with van der Waals surface area (Å²) >= 11 is 6.13. The average Bonchev–Trinajstić information content (AvgIpc) is 3.04. The van der Waals surface area contributed by atoms with Crippen molar-refractivity contribution >= 4 is 17.7 Å². The van der Waals surface area contributed by atoms with Crippen LogP contribution in [-0.4, -0.2) is 6.54 Å². The molecule has 1 aliphatic heterocycles. The zero-order valence-electron chi connectivity index (χ0n) is 12.9. The van der Waals surface area contributed by atoms with Crippen LogP contribution in [0.1, 0.15) is 42.0 Å². The van der Waals surface area contributed by atoms with Gasteiger partial charge in [0.2, 0.25) is 0 Å². The summed E-state index contributed by atoms with van der Waals surface area (Å²) in [5.74, 6) is 1.11. The smallest absolute Gasteiger partial charge is 0.0412 e. The van der Waals surface area contributed by atoms with E-state index in [1.165, 1.54) is 17.5 Å². The van der Waals surface area contributed by atoms with E-state index in [1.807, 2.05) is 18.2 Å². The van der Waals surface area contributed by atoms with Gasteiger partial charge in [-0.05, 0) is 53.6 Å². The van der Waals surface area contributed by atoms with Crippen LogP contribution in [0, 0.1) is 5.92 Å². The Morgan fingerprint density at radius 2 is 2.00 bits per heavy atom. The zero-order chi connectivity index (χ0) is 15.5.